The van der Waals surface area contributed by atoms with E-state index in [0.29, 0.717) is 77.7 Å². The highest BCUT2D eigenvalue weighted by atomic mass is 19.1. The van der Waals surface area contributed by atoms with Crippen LogP contribution in [0.15, 0.2) is 73.2 Å². The number of benzene rings is 2. The molecular formula is C32H33FN8O4. The molecule has 3 heterocycles. The van der Waals surface area contributed by atoms with Gasteiger partial charge in [-0.2, -0.15) is 0 Å². The molecular weight excluding hydrogens is 579 g/mol. The number of rotatable bonds is 10. The first-order valence-electron chi connectivity index (χ1n) is 14.4. The minimum absolute atomic E-state index is 0.100. The molecule has 0 radical (unpaired) electrons. The number of halogens is 1. The molecule has 232 valence electrons. The number of aromatic nitrogens is 3. The van der Waals surface area contributed by atoms with Crippen molar-refractivity contribution in [3.05, 3.63) is 101 Å². The summed E-state index contributed by atoms with van der Waals surface area (Å²) in [5, 5.41) is 17.6. The lowest BCUT2D eigenvalue weighted by Gasteiger charge is -2.34. The Morgan fingerprint density at radius 1 is 0.844 bits per heavy atom. The second kappa shape index (κ2) is 14.5. The molecule has 1 aliphatic heterocycles. The molecule has 12 nitrogen and oxygen atoms in total. The third kappa shape index (κ3) is 8.02. The van der Waals surface area contributed by atoms with Gasteiger partial charge in [0.15, 0.2) is 0 Å². The number of alkyl halides is 1. The molecule has 0 aliphatic carbocycles. The van der Waals surface area contributed by atoms with Gasteiger partial charge in [-0.25, -0.2) is 19.3 Å². The van der Waals surface area contributed by atoms with Crippen molar-refractivity contribution in [2.45, 2.75) is 13.6 Å². The molecule has 0 bridgehead atoms. The van der Waals surface area contributed by atoms with E-state index < -0.39 is 18.5 Å². The maximum atomic E-state index is 13.1. The number of amides is 3. The van der Waals surface area contributed by atoms with Crippen molar-refractivity contribution >= 4 is 40.7 Å². The second-order valence-electron chi connectivity index (χ2n) is 10.5. The van der Waals surface area contributed by atoms with Crippen molar-refractivity contribution in [3.8, 4) is 0 Å². The first-order chi connectivity index (χ1) is 21.8. The van der Waals surface area contributed by atoms with Crippen LogP contribution in [0.4, 0.5) is 27.4 Å². The van der Waals surface area contributed by atoms with Gasteiger partial charge in [0.1, 0.15) is 12.4 Å². The van der Waals surface area contributed by atoms with Crippen LogP contribution in [0.1, 0.15) is 42.3 Å². The van der Waals surface area contributed by atoms with Crippen LogP contribution in [0.5, 0.6) is 0 Å². The van der Waals surface area contributed by atoms with Gasteiger partial charge in [-0.1, -0.05) is 18.2 Å². The van der Waals surface area contributed by atoms with Crippen LogP contribution in [-0.4, -0.2) is 86.9 Å². The highest BCUT2D eigenvalue weighted by molar-refractivity contribution is 6.08. The Hall–Kier alpha value is -5.27. The third-order valence-corrected chi connectivity index (χ3v) is 7.31. The number of carbonyl (C=O) groups excluding carboxylic acids is 3. The Labute approximate surface area is 259 Å². The fourth-order valence-electron chi connectivity index (χ4n) is 4.80. The van der Waals surface area contributed by atoms with E-state index in [1.165, 1.54) is 24.7 Å². The van der Waals surface area contributed by atoms with Crippen LogP contribution in [0.25, 0.3) is 0 Å². The predicted molar refractivity (Wildman–Crippen MR) is 167 cm³/mol. The number of β-amino-alcohol motifs (C(OH)–C–C–N with tert-alkyl or cyclic N) is 1. The minimum Gasteiger partial charge on any atom is -0.395 e. The molecule has 0 atom stereocenters. The Morgan fingerprint density at radius 2 is 1.56 bits per heavy atom. The standard InChI is InChI=1S/C32H33FN8O4/c1-21-5-6-24(37-29(43)23-4-2-3-22(15-23)17-33)16-27(21)30(44)38-26-19-35-32(36-20-26)39-25-7-8-28(34-18-25)31(45)41-11-9-40(10-12-41)13-14-42/h2-8,15-16,18-20,42H,9-14,17H2,1H3,(H,37,43)(H,38,44)(H,35,36,39). The van der Waals surface area contributed by atoms with Crippen LogP contribution < -0.4 is 16.0 Å². The van der Waals surface area contributed by atoms with E-state index in [0.717, 1.165) is 0 Å². The van der Waals surface area contributed by atoms with Gasteiger partial charge in [0.25, 0.3) is 17.7 Å². The van der Waals surface area contributed by atoms with Gasteiger partial charge < -0.3 is 26.0 Å². The maximum Gasteiger partial charge on any atom is 0.272 e. The van der Waals surface area contributed by atoms with Crippen LogP contribution in [0, 0.1) is 6.92 Å². The van der Waals surface area contributed by atoms with Crippen molar-refractivity contribution in [2.75, 3.05) is 55.3 Å². The minimum atomic E-state index is -0.671. The summed E-state index contributed by atoms with van der Waals surface area (Å²) >= 11 is 0. The third-order valence-electron chi connectivity index (χ3n) is 7.31. The fourth-order valence-corrected chi connectivity index (χ4v) is 4.80. The van der Waals surface area contributed by atoms with Crippen LogP contribution in [0.2, 0.25) is 0 Å². The number of aryl methyl sites for hydroxylation is 1. The van der Waals surface area contributed by atoms with Crippen molar-refractivity contribution in [1.29, 1.82) is 0 Å². The Balaban J connectivity index is 1.16. The maximum absolute atomic E-state index is 13.1. The van der Waals surface area contributed by atoms with Crippen molar-refractivity contribution < 1.29 is 23.9 Å². The lowest BCUT2D eigenvalue weighted by Crippen LogP contribution is -2.49. The molecule has 1 saturated heterocycles. The zero-order valence-electron chi connectivity index (χ0n) is 24.7. The average molecular weight is 613 g/mol. The Bertz CT molecular complexity index is 1660. The molecule has 45 heavy (non-hydrogen) atoms. The molecule has 3 amide bonds. The molecule has 0 spiro atoms. The van der Waals surface area contributed by atoms with E-state index in [9.17, 15) is 18.8 Å². The summed E-state index contributed by atoms with van der Waals surface area (Å²) in [7, 11) is 0. The largest absolute Gasteiger partial charge is 0.395 e. The number of anilines is 4. The zero-order chi connectivity index (χ0) is 31.8. The summed E-state index contributed by atoms with van der Waals surface area (Å²) in [5.74, 6) is -0.701. The highest BCUT2D eigenvalue weighted by Crippen LogP contribution is 2.20. The van der Waals surface area contributed by atoms with Crippen molar-refractivity contribution in [1.82, 2.24) is 24.8 Å². The van der Waals surface area contributed by atoms with Crippen molar-refractivity contribution in [2.24, 2.45) is 0 Å². The first-order valence-corrected chi connectivity index (χ1v) is 14.4. The fraction of sp³-hybridized carbons (Fsp3) is 0.250. The van der Waals surface area contributed by atoms with Gasteiger partial charge >= 0.3 is 0 Å². The lowest BCUT2D eigenvalue weighted by molar-refractivity contribution is 0.0609. The number of aliphatic hydroxyl groups excluding tert-OH is 1. The van der Waals surface area contributed by atoms with E-state index in [2.05, 4.69) is 35.8 Å². The second-order valence-corrected chi connectivity index (χ2v) is 10.5. The van der Waals surface area contributed by atoms with Crippen molar-refractivity contribution in [3.63, 3.8) is 0 Å². The number of pyridine rings is 1. The SMILES string of the molecule is Cc1ccc(NC(=O)c2cccc(CF)c2)cc1C(=O)Nc1cnc(Nc2ccc(C(=O)N3CCN(CCO)CC3)nc2)nc1. The quantitative estimate of drug-likeness (QED) is 0.210. The molecule has 0 unspecified atom stereocenters. The number of hydrogen-bond acceptors (Lipinski definition) is 9. The number of aliphatic hydroxyl groups is 1. The van der Waals surface area contributed by atoms with Gasteiger partial charge in [-0.15, -0.1) is 0 Å². The van der Waals surface area contributed by atoms with E-state index >= 15 is 0 Å². The van der Waals surface area contributed by atoms with Crippen LogP contribution >= 0.6 is 0 Å². The molecule has 0 saturated carbocycles. The van der Waals surface area contributed by atoms with Gasteiger partial charge in [0.05, 0.1) is 36.6 Å². The Kier molecular flexibility index (Phi) is 10.0. The summed E-state index contributed by atoms with van der Waals surface area (Å²) in [4.78, 5) is 55.2. The topological polar surface area (TPSA) is 153 Å². The molecule has 5 rings (SSSR count). The normalized spacial score (nSPS) is 13.3. The zero-order valence-corrected chi connectivity index (χ0v) is 24.7. The van der Waals surface area contributed by atoms with Gasteiger partial charge in [0.2, 0.25) is 5.95 Å². The summed E-state index contributed by atoms with van der Waals surface area (Å²) in [6.45, 7) is 4.39. The van der Waals surface area contributed by atoms with E-state index in [1.54, 1.807) is 60.4 Å². The highest BCUT2D eigenvalue weighted by Gasteiger charge is 2.22. The predicted octanol–water partition coefficient (Wildman–Crippen LogP) is 3.65. The molecule has 4 aromatic rings. The molecule has 4 N–H and O–H groups in total. The number of carbonyl (C=O) groups is 3. The molecule has 13 heteroatoms. The van der Waals surface area contributed by atoms with Gasteiger partial charge in [0, 0.05) is 49.5 Å². The van der Waals surface area contributed by atoms with Crippen LogP contribution in [-0.2, 0) is 6.67 Å². The van der Waals surface area contributed by atoms with E-state index in [4.69, 9.17) is 5.11 Å². The van der Waals surface area contributed by atoms with Gasteiger partial charge in [-0.05, 0) is 54.4 Å². The monoisotopic (exact) mass is 612 g/mol. The summed E-state index contributed by atoms with van der Waals surface area (Å²) in [6.07, 6.45) is 4.43. The lowest BCUT2D eigenvalue weighted by atomic mass is 10.1. The molecule has 1 aliphatic rings. The first kappa shape index (κ1) is 31.2. The summed E-state index contributed by atoms with van der Waals surface area (Å²) in [6, 6.07) is 14.6. The van der Waals surface area contributed by atoms with E-state index in [1.807, 2.05) is 0 Å². The number of nitrogens with one attached hydrogen (secondary N) is 3. The molecule has 2 aromatic heterocycles. The van der Waals surface area contributed by atoms with Gasteiger partial charge in [-0.3, -0.25) is 19.3 Å². The number of piperazine rings is 1. The number of nitrogens with zero attached hydrogens (tertiary/aromatic N) is 5. The summed E-state index contributed by atoms with van der Waals surface area (Å²) < 4.78 is 13.0. The summed E-state index contributed by atoms with van der Waals surface area (Å²) in [5.41, 5.74) is 3.45. The van der Waals surface area contributed by atoms with E-state index in [-0.39, 0.29) is 18.5 Å². The molecule has 2 aromatic carbocycles. The Morgan fingerprint density at radius 3 is 2.24 bits per heavy atom. The van der Waals surface area contributed by atoms with Crippen LogP contribution in [0.3, 0.4) is 0 Å². The molecule has 1 fully saturated rings. The average Bonchev–Trinajstić information content (AvgIpc) is 3.07. The smallest absolute Gasteiger partial charge is 0.272 e. The number of hydrogen-bond donors (Lipinski definition) is 4.